The molecule has 6 heteroatoms. The molecule has 1 aromatic rings. The van der Waals surface area contributed by atoms with Gasteiger partial charge in [0.25, 0.3) is 5.91 Å². The van der Waals surface area contributed by atoms with Gasteiger partial charge in [-0.25, -0.2) is 4.79 Å². The number of hydrogen-bond donors (Lipinski definition) is 2. The summed E-state index contributed by atoms with van der Waals surface area (Å²) in [6, 6.07) is 7.17. The molecule has 4 amide bonds. The van der Waals surface area contributed by atoms with Crippen LogP contribution in [0.4, 0.5) is 4.79 Å². The number of rotatable bonds is 2. The fourth-order valence-electron chi connectivity index (χ4n) is 3.18. The molecule has 0 bridgehead atoms. The third kappa shape index (κ3) is 1.98. The van der Waals surface area contributed by atoms with Crippen LogP contribution < -0.4 is 10.6 Å². The van der Waals surface area contributed by atoms with Gasteiger partial charge in [0.05, 0.1) is 0 Å². The Balaban J connectivity index is 1.99. The van der Waals surface area contributed by atoms with Crippen molar-refractivity contribution >= 4 is 17.8 Å². The van der Waals surface area contributed by atoms with Crippen molar-refractivity contribution in [3.05, 3.63) is 35.4 Å². The number of imide groups is 1. The molecular formula is C15H17N3O3. The SMILES string of the molecule is CNC(=O)CN1C(=O)N[C@]2(CCCc3ccccc32)C1=O. The minimum absolute atomic E-state index is 0.245. The second-order valence-electron chi connectivity index (χ2n) is 5.41. The number of benzene rings is 1. The highest BCUT2D eigenvalue weighted by molar-refractivity contribution is 6.09. The molecule has 6 nitrogen and oxygen atoms in total. The normalized spacial score (nSPS) is 24.0. The van der Waals surface area contributed by atoms with Gasteiger partial charge in [-0.15, -0.1) is 0 Å². The molecule has 1 heterocycles. The van der Waals surface area contributed by atoms with E-state index in [1.807, 2.05) is 24.3 Å². The highest BCUT2D eigenvalue weighted by Gasteiger charge is 2.54. The smallest absolute Gasteiger partial charge is 0.325 e. The van der Waals surface area contributed by atoms with Crippen LogP contribution in [0.1, 0.15) is 24.0 Å². The molecular weight excluding hydrogens is 270 g/mol. The molecule has 0 saturated carbocycles. The van der Waals surface area contributed by atoms with E-state index in [9.17, 15) is 14.4 Å². The molecule has 3 rings (SSSR count). The first-order valence-corrected chi connectivity index (χ1v) is 7.01. The Bertz CT molecular complexity index is 628. The standard InChI is InChI=1S/C15H17N3O3/c1-16-12(19)9-18-13(20)15(17-14(18)21)8-4-6-10-5-2-3-7-11(10)15/h2-3,5,7H,4,6,8-9H2,1H3,(H,16,19)(H,17,21)/t15-/m0/s1. The Hall–Kier alpha value is -2.37. The Labute approximate surface area is 122 Å². The molecule has 1 aromatic carbocycles. The molecule has 1 spiro atoms. The van der Waals surface area contributed by atoms with Crippen LogP contribution in [-0.2, 0) is 21.5 Å². The molecule has 1 aliphatic carbocycles. The largest absolute Gasteiger partial charge is 0.358 e. The summed E-state index contributed by atoms with van der Waals surface area (Å²) in [5.41, 5.74) is 0.938. The van der Waals surface area contributed by atoms with E-state index in [1.165, 1.54) is 7.05 Å². The molecule has 2 aliphatic rings. The number of carbonyl (C=O) groups excluding carboxylic acids is 3. The Kier molecular flexibility index (Phi) is 3.16. The number of fused-ring (bicyclic) bond motifs is 2. The van der Waals surface area contributed by atoms with Gasteiger partial charge in [-0.1, -0.05) is 24.3 Å². The zero-order valence-electron chi connectivity index (χ0n) is 11.8. The van der Waals surface area contributed by atoms with Crippen LogP contribution in [0.3, 0.4) is 0 Å². The maximum atomic E-state index is 12.8. The van der Waals surface area contributed by atoms with E-state index >= 15 is 0 Å². The number of carbonyl (C=O) groups is 3. The topological polar surface area (TPSA) is 78.5 Å². The minimum atomic E-state index is -1.00. The number of amides is 4. The van der Waals surface area contributed by atoms with Crippen molar-refractivity contribution in [1.82, 2.24) is 15.5 Å². The summed E-state index contributed by atoms with van der Waals surface area (Å²) in [6.07, 6.45) is 2.30. The Morgan fingerprint density at radius 2 is 2.14 bits per heavy atom. The monoisotopic (exact) mass is 287 g/mol. The summed E-state index contributed by atoms with van der Waals surface area (Å²) in [5.74, 6) is -0.692. The van der Waals surface area contributed by atoms with E-state index in [2.05, 4.69) is 10.6 Å². The highest BCUT2D eigenvalue weighted by Crippen LogP contribution is 2.39. The second kappa shape index (κ2) is 4.87. The first-order valence-electron chi connectivity index (χ1n) is 7.01. The van der Waals surface area contributed by atoms with E-state index < -0.39 is 11.6 Å². The van der Waals surface area contributed by atoms with Crippen molar-refractivity contribution in [3.63, 3.8) is 0 Å². The lowest BCUT2D eigenvalue weighted by molar-refractivity contribution is -0.135. The fraction of sp³-hybridized carbons (Fsp3) is 0.400. The molecule has 1 saturated heterocycles. The lowest BCUT2D eigenvalue weighted by Gasteiger charge is -2.33. The molecule has 1 atom stereocenters. The van der Waals surface area contributed by atoms with Crippen molar-refractivity contribution in [2.75, 3.05) is 13.6 Å². The van der Waals surface area contributed by atoms with Crippen molar-refractivity contribution < 1.29 is 14.4 Å². The molecule has 2 N–H and O–H groups in total. The highest BCUT2D eigenvalue weighted by atomic mass is 16.2. The van der Waals surface area contributed by atoms with Crippen LogP contribution in [0.2, 0.25) is 0 Å². The summed E-state index contributed by atoms with van der Waals surface area (Å²) < 4.78 is 0. The predicted molar refractivity (Wildman–Crippen MR) is 75.4 cm³/mol. The van der Waals surface area contributed by atoms with Crippen LogP contribution in [0, 0.1) is 0 Å². The van der Waals surface area contributed by atoms with Gasteiger partial charge >= 0.3 is 6.03 Å². The summed E-state index contributed by atoms with van der Waals surface area (Å²) in [5, 5.41) is 5.24. The summed E-state index contributed by atoms with van der Waals surface area (Å²) in [7, 11) is 1.48. The van der Waals surface area contributed by atoms with E-state index in [1.54, 1.807) is 0 Å². The maximum absolute atomic E-state index is 12.8. The van der Waals surface area contributed by atoms with Gasteiger partial charge in [0, 0.05) is 7.05 Å². The zero-order valence-corrected chi connectivity index (χ0v) is 11.8. The number of hydrogen-bond acceptors (Lipinski definition) is 3. The summed E-state index contributed by atoms with van der Waals surface area (Å²) >= 11 is 0. The van der Waals surface area contributed by atoms with Gasteiger partial charge in [0.15, 0.2) is 0 Å². The number of nitrogens with one attached hydrogen (secondary N) is 2. The van der Waals surface area contributed by atoms with Gasteiger partial charge in [0.2, 0.25) is 5.91 Å². The maximum Gasteiger partial charge on any atom is 0.325 e. The number of likely N-dealkylation sites (N-methyl/N-ethyl adjacent to an activating group) is 1. The molecule has 1 aliphatic heterocycles. The van der Waals surface area contributed by atoms with Crippen LogP contribution in [-0.4, -0.2) is 36.3 Å². The van der Waals surface area contributed by atoms with Crippen LogP contribution >= 0.6 is 0 Å². The van der Waals surface area contributed by atoms with Gasteiger partial charge in [-0.3, -0.25) is 14.5 Å². The minimum Gasteiger partial charge on any atom is -0.358 e. The van der Waals surface area contributed by atoms with Gasteiger partial charge in [-0.05, 0) is 30.4 Å². The Morgan fingerprint density at radius 1 is 1.38 bits per heavy atom. The van der Waals surface area contributed by atoms with E-state index in [0.717, 1.165) is 28.9 Å². The predicted octanol–water partition coefficient (Wildman–Crippen LogP) is 0.516. The molecule has 0 aromatic heterocycles. The lowest BCUT2D eigenvalue weighted by atomic mass is 9.76. The average molecular weight is 287 g/mol. The fourth-order valence-corrected chi connectivity index (χ4v) is 3.18. The third-order valence-electron chi connectivity index (χ3n) is 4.23. The van der Waals surface area contributed by atoms with E-state index in [-0.39, 0.29) is 18.4 Å². The number of nitrogens with zero attached hydrogens (tertiary/aromatic N) is 1. The zero-order chi connectivity index (χ0) is 15.0. The third-order valence-corrected chi connectivity index (χ3v) is 4.23. The van der Waals surface area contributed by atoms with Gasteiger partial charge in [-0.2, -0.15) is 0 Å². The van der Waals surface area contributed by atoms with Crippen molar-refractivity contribution in [1.29, 1.82) is 0 Å². The lowest BCUT2D eigenvalue weighted by Crippen LogP contribution is -2.47. The van der Waals surface area contributed by atoms with Crippen molar-refractivity contribution in [2.45, 2.75) is 24.8 Å². The number of aryl methyl sites for hydroxylation is 1. The summed E-state index contributed by atoms with van der Waals surface area (Å²) in [6.45, 7) is -0.245. The van der Waals surface area contributed by atoms with Gasteiger partial charge in [0.1, 0.15) is 12.1 Å². The van der Waals surface area contributed by atoms with Crippen molar-refractivity contribution in [2.24, 2.45) is 0 Å². The van der Waals surface area contributed by atoms with E-state index in [0.29, 0.717) is 6.42 Å². The molecule has 0 radical (unpaired) electrons. The summed E-state index contributed by atoms with van der Waals surface area (Å²) in [4.78, 5) is 37.4. The molecule has 0 unspecified atom stereocenters. The number of urea groups is 1. The second-order valence-corrected chi connectivity index (χ2v) is 5.41. The Morgan fingerprint density at radius 3 is 2.90 bits per heavy atom. The van der Waals surface area contributed by atoms with Gasteiger partial charge < -0.3 is 10.6 Å². The molecule has 1 fully saturated rings. The first kappa shape index (κ1) is 13.6. The first-order chi connectivity index (χ1) is 10.1. The van der Waals surface area contributed by atoms with Crippen LogP contribution in [0.5, 0.6) is 0 Å². The van der Waals surface area contributed by atoms with Crippen molar-refractivity contribution in [3.8, 4) is 0 Å². The van der Waals surface area contributed by atoms with Crippen LogP contribution in [0.25, 0.3) is 0 Å². The van der Waals surface area contributed by atoms with Crippen LogP contribution in [0.15, 0.2) is 24.3 Å². The van der Waals surface area contributed by atoms with E-state index in [4.69, 9.17) is 0 Å². The molecule has 21 heavy (non-hydrogen) atoms. The quantitative estimate of drug-likeness (QED) is 0.778. The average Bonchev–Trinajstić information content (AvgIpc) is 2.73. The molecule has 110 valence electrons.